The molecule has 2 amide bonds. The normalized spacial score (nSPS) is 23.4. The highest BCUT2D eigenvalue weighted by molar-refractivity contribution is 5.78. The average molecular weight is 226 g/mol. The van der Waals surface area contributed by atoms with Gasteiger partial charge in [0.1, 0.15) is 5.60 Å². The number of carbonyl (C=O) groups is 2. The van der Waals surface area contributed by atoms with Crippen molar-refractivity contribution in [3.63, 3.8) is 0 Å². The van der Waals surface area contributed by atoms with Crippen molar-refractivity contribution < 1.29 is 14.3 Å². The summed E-state index contributed by atoms with van der Waals surface area (Å²) >= 11 is 0. The molecule has 0 aliphatic carbocycles. The fourth-order valence-electron chi connectivity index (χ4n) is 2.28. The van der Waals surface area contributed by atoms with Crippen LogP contribution in [0.15, 0.2) is 0 Å². The predicted molar refractivity (Wildman–Crippen MR) is 57.9 cm³/mol. The number of carbonyl (C=O) groups excluding carboxylic acids is 2. The van der Waals surface area contributed by atoms with Crippen molar-refractivity contribution in [2.45, 2.75) is 32.3 Å². The minimum atomic E-state index is -0.356. The molecule has 90 valence electrons. The zero-order chi connectivity index (χ0) is 11.8. The Morgan fingerprint density at radius 2 is 2.06 bits per heavy atom. The van der Waals surface area contributed by atoms with E-state index < -0.39 is 0 Å². The van der Waals surface area contributed by atoms with Gasteiger partial charge in [-0.3, -0.25) is 4.79 Å². The fourth-order valence-corrected chi connectivity index (χ4v) is 2.28. The van der Waals surface area contributed by atoms with Crippen LogP contribution < -0.4 is 5.32 Å². The number of nitrogens with one attached hydrogen (secondary N) is 1. The number of alkyl carbamates (subject to hydrolysis) is 1. The van der Waals surface area contributed by atoms with Crippen LogP contribution in [0.1, 0.15) is 26.7 Å². The third-order valence-corrected chi connectivity index (χ3v) is 3.34. The van der Waals surface area contributed by atoms with Crippen molar-refractivity contribution in [3.8, 4) is 0 Å². The molecule has 0 aromatic heterocycles. The first kappa shape index (κ1) is 11.2. The van der Waals surface area contributed by atoms with Gasteiger partial charge in [0.15, 0.2) is 0 Å². The molecule has 5 heteroatoms. The third-order valence-electron chi connectivity index (χ3n) is 3.34. The molecule has 2 heterocycles. The molecule has 2 rings (SSSR count). The van der Waals surface area contributed by atoms with Gasteiger partial charge in [-0.05, 0) is 0 Å². The van der Waals surface area contributed by atoms with Crippen molar-refractivity contribution in [2.75, 3.05) is 19.6 Å². The minimum absolute atomic E-state index is 0.0401. The van der Waals surface area contributed by atoms with E-state index in [1.807, 2.05) is 18.7 Å². The predicted octanol–water partition coefficient (Wildman–Crippen LogP) is 0.743. The van der Waals surface area contributed by atoms with Crippen molar-refractivity contribution in [1.29, 1.82) is 0 Å². The topological polar surface area (TPSA) is 58.6 Å². The number of likely N-dealkylation sites (tertiary alicyclic amines) is 1. The summed E-state index contributed by atoms with van der Waals surface area (Å²) in [4.78, 5) is 24.7. The molecule has 0 aromatic rings. The summed E-state index contributed by atoms with van der Waals surface area (Å²) in [6.07, 6.45) is 1.15. The molecule has 1 spiro atoms. The number of rotatable bonds is 1. The van der Waals surface area contributed by atoms with Gasteiger partial charge in [0.05, 0.1) is 6.54 Å². The molecular formula is C11H18N2O3. The number of hydrogen-bond donors (Lipinski definition) is 1. The van der Waals surface area contributed by atoms with E-state index in [2.05, 4.69) is 5.32 Å². The number of hydrogen-bond acceptors (Lipinski definition) is 3. The molecular weight excluding hydrogens is 208 g/mol. The molecule has 0 radical (unpaired) electrons. The van der Waals surface area contributed by atoms with Crippen molar-refractivity contribution >= 4 is 12.0 Å². The van der Waals surface area contributed by atoms with E-state index in [1.54, 1.807) is 0 Å². The smallest absolute Gasteiger partial charge is 0.407 e. The lowest BCUT2D eigenvalue weighted by atomic mass is 9.91. The molecule has 0 aromatic carbocycles. The van der Waals surface area contributed by atoms with E-state index in [0.717, 1.165) is 12.8 Å². The fraction of sp³-hybridized carbons (Fsp3) is 0.818. The highest BCUT2D eigenvalue weighted by Gasteiger charge is 2.43. The third kappa shape index (κ3) is 1.99. The van der Waals surface area contributed by atoms with Crippen molar-refractivity contribution in [3.05, 3.63) is 0 Å². The van der Waals surface area contributed by atoms with E-state index in [1.165, 1.54) is 0 Å². The average Bonchev–Trinajstić information content (AvgIpc) is 2.60. The summed E-state index contributed by atoms with van der Waals surface area (Å²) in [6, 6.07) is 0. The van der Waals surface area contributed by atoms with Gasteiger partial charge in [-0.15, -0.1) is 0 Å². The monoisotopic (exact) mass is 226 g/mol. The van der Waals surface area contributed by atoms with Gasteiger partial charge < -0.3 is 15.0 Å². The summed E-state index contributed by atoms with van der Waals surface area (Å²) < 4.78 is 5.29. The molecule has 0 saturated carbocycles. The Morgan fingerprint density at radius 1 is 1.44 bits per heavy atom. The Bertz CT molecular complexity index is 306. The van der Waals surface area contributed by atoms with Crippen LogP contribution in [0.5, 0.6) is 0 Å². The molecule has 2 aliphatic heterocycles. The van der Waals surface area contributed by atoms with Crippen LogP contribution in [-0.2, 0) is 9.53 Å². The number of ether oxygens (including phenoxy) is 1. The van der Waals surface area contributed by atoms with Crippen LogP contribution in [0.2, 0.25) is 0 Å². The van der Waals surface area contributed by atoms with Crippen LogP contribution in [0.3, 0.4) is 0 Å². The summed E-state index contributed by atoms with van der Waals surface area (Å²) in [6.45, 7) is 5.77. The molecule has 0 unspecified atom stereocenters. The molecule has 0 atom stereocenters. The first-order valence-corrected chi connectivity index (χ1v) is 5.78. The van der Waals surface area contributed by atoms with Crippen molar-refractivity contribution in [1.82, 2.24) is 10.2 Å². The largest absolute Gasteiger partial charge is 0.441 e. The van der Waals surface area contributed by atoms with Crippen LogP contribution in [0.25, 0.3) is 0 Å². The Hall–Kier alpha value is -1.26. The zero-order valence-electron chi connectivity index (χ0n) is 9.78. The molecule has 16 heavy (non-hydrogen) atoms. The lowest BCUT2D eigenvalue weighted by molar-refractivity contribution is -0.137. The maximum Gasteiger partial charge on any atom is 0.407 e. The standard InChI is InChI=1S/C11H18N2O3/c1-8(2)9(14)13-5-3-11(4-6-13)7-12-10(15)16-11/h8H,3-7H2,1-2H3,(H,12,15). The summed E-state index contributed by atoms with van der Waals surface area (Å²) in [7, 11) is 0. The number of amides is 2. The Labute approximate surface area is 95.1 Å². The molecule has 2 saturated heterocycles. The van der Waals surface area contributed by atoms with E-state index in [4.69, 9.17) is 4.74 Å². The van der Waals surface area contributed by atoms with Gasteiger partial charge in [-0.2, -0.15) is 0 Å². The maximum atomic E-state index is 11.8. The quantitative estimate of drug-likeness (QED) is 0.717. The van der Waals surface area contributed by atoms with Gasteiger partial charge in [0.25, 0.3) is 0 Å². The Kier molecular flexibility index (Phi) is 2.78. The summed E-state index contributed by atoms with van der Waals surface area (Å²) in [5.74, 6) is 0.227. The highest BCUT2D eigenvalue weighted by Crippen LogP contribution is 2.29. The Morgan fingerprint density at radius 3 is 2.50 bits per heavy atom. The summed E-state index contributed by atoms with van der Waals surface area (Å²) in [5.41, 5.74) is -0.356. The second kappa shape index (κ2) is 3.96. The second-order valence-corrected chi connectivity index (χ2v) is 4.91. The molecule has 1 N–H and O–H groups in total. The van der Waals surface area contributed by atoms with E-state index >= 15 is 0 Å². The highest BCUT2D eigenvalue weighted by atomic mass is 16.6. The first-order valence-electron chi connectivity index (χ1n) is 5.78. The molecule has 5 nitrogen and oxygen atoms in total. The summed E-state index contributed by atoms with van der Waals surface area (Å²) in [5, 5.41) is 2.68. The van der Waals surface area contributed by atoms with Crippen molar-refractivity contribution in [2.24, 2.45) is 5.92 Å². The van der Waals surface area contributed by atoms with Crippen LogP contribution in [0.4, 0.5) is 4.79 Å². The SMILES string of the molecule is CC(C)C(=O)N1CCC2(CC1)CNC(=O)O2. The minimum Gasteiger partial charge on any atom is -0.441 e. The van der Waals surface area contributed by atoms with Gasteiger partial charge in [-0.1, -0.05) is 13.8 Å². The van der Waals surface area contributed by atoms with E-state index in [0.29, 0.717) is 19.6 Å². The molecule has 2 aliphatic rings. The zero-order valence-corrected chi connectivity index (χ0v) is 9.78. The maximum absolute atomic E-state index is 11.8. The lowest BCUT2D eigenvalue weighted by Gasteiger charge is -2.37. The van der Waals surface area contributed by atoms with E-state index in [9.17, 15) is 9.59 Å². The van der Waals surface area contributed by atoms with Gasteiger partial charge in [0.2, 0.25) is 5.91 Å². The lowest BCUT2D eigenvalue weighted by Crippen LogP contribution is -2.49. The van der Waals surface area contributed by atoms with E-state index in [-0.39, 0.29) is 23.5 Å². The van der Waals surface area contributed by atoms with Gasteiger partial charge in [-0.25, -0.2) is 4.79 Å². The van der Waals surface area contributed by atoms with Crippen LogP contribution >= 0.6 is 0 Å². The second-order valence-electron chi connectivity index (χ2n) is 4.91. The molecule has 2 fully saturated rings. The van der Waals surface area contributed by atoms with Crippen LogP contribution in [0, 0.1) is 5.92 Å². The van der Waals surface area contributed by atoms with Gasteiger partial charge >= 0.3 is 6.09 Å². The van der Waals surface area contributed by atoms with Crippen LogP contribution in [-0.4, -0.2) is 42.1 Å². The Balaban J connectivity index is 1.92. The number of nitrogens with zero attached hydrogens (tertiary/aromatic N) is 1. The first-order chi connectivity index (χ1) is 7.52. The van der Waals surface area contributed by atoms with Gasteiger partial charge in [0, 0.05) is 31.8 Å². The number of piperidine rings is 1. The molecule has 0 bridgehead atoms.